The second-order valence-electron chi connectivity index (χ2n) is 3.64. The van der Waals surface area contributed by atoms with Crippen LogP contribution < -0.4 is 0 Å². The Bertz CT molecular complexity index is 505. The second-order valence-corrected chi connectivity index (χ2v) is 3.64. The van der Waals surface area contributed by atoms with Gasteiger partial charge in [-0.2, -0.15) is 10.2 Å². The van der Waals surface area contributed by atoms with Crippen molar-refractivity contribution in [2.45, 2.75) is 12.5 Å². The lowest BCUT2D eigenvalue weighted by Crippen LogP contribution is -2.03. The Kier molecular flexibility index (Phi) is 3.39. The normalized spacial score (nSPS) is 12.4. The fourth-order valence-electron chi connectivity index (χ4n) is 1.51. The Hall–Kier alpha value is -1.88. The molecule has 0 radical (unpaired) electrons. The minimum absolute atomic E-state index is 0.197. The van der Waals surface area contributed by atoms with Gasteiger partial charge < -0.3 is 5.11 Å². The van der Waals surface area contributed by atoms with Gasteiger partial charge in [0.1, 0.15) is 0 Å². The lowest BCUT2D eigenvalue weighted by atomic mass is 10.0. The maximum absolute atomic E-state index is 13.0. The predicted octanol–water partition coefficient (Wildman–Crippen LogP) is 2.03. The molecule has 0 bridgehead atoms. The fourth-order valence-corrected chi connectivity index (χ4v) is 1.51. The molecule has 0 saturated heterocycles. The van der Waals surface area contributed by atoms with Crippen LogP contribution in [0.2, 0.25) is 0 Å². The summed E-state index contributed by atoms with van der Waals surface area (Å²) in [4.78, 5) is 0. The first-order valence-corrected chi connectivity index (χ1v) is 5.05. The van der Waals surface area contributed by atoms with Crippen LogP contribution in [0.25, 0.3) is 0 Å². The summed E-state index contributed by atoms with van der Waals surface area (Å²) in [6, 6.07) is 5.18. The van der Waals surface area contributed by atoms with Crippen LogP contribution in [0.15, 0.2) is 36.7 Å². The van der Waals surface area contributed by atoms with Gasteiger partial charge in [0.2, 0.25) is 0 Å². The minimum atomic E-state index is -0.914. The Labute approximate surface area is 96.8 Å². The molecule has 17 heavy (non-hydrogen) atoms. The van der Waals surface area contributed by atoms with E-state index in [-0.39, 0.29) is 6.42 Å². The van der Waals surface area contributed by atoms with E-state index in [1.54, 1.807) is 6.07 Å². The minimum Gasteiger partial charge on any atom is -0.388 e. The molecule has 0 saturated carbocycles. The van der Waals surface area contributed by atoms with Gasteiger partial charge in [-0.3, -0.25) is 0 Å². The molecule has 1 N–H and O–H groups in total. The van der Waals surface area contributed by atoms with Crippen molar-refractivity contribution in [3.63, 3.8) is 0 Å². The van der Waals surface area contributed by atoms with Gasteiger partial charge in [-0.15, -0.1) is 0 Å². The van der Waals surface area contributed by atoms with Crippen molar-refractivity contribution in [1.82, 2.24) is 10.2 Å². The Morgan fingerprint density at radius 2 is 1.94 bits per heavy atom. The molecule has 0 spiro atoms. The molecule has 3 nitrogen and oxygen atoms in total. The lowest BCUT2D eigenvalue weighted by Gasteiger charge is -2.10. The molecule has 1 atom stereocenters. The standard InChI is InChI=1S/C12H10F2N2O/c13-10-2-1-8(5-11(10)14)6-12(17)9-3-4-15-16-7-9/h1-5,7,12,17H,6H2. The summed E-state index contributed by atoms with van der Waals surface area (Å²) in [5.74, 6) is -1.81. The van der Waals surface area contributed by atoms with Gasteiger partial charge in [0.05, 0.1) is 12.3 Å². The predicted molar refractivity (Wildman–Crippen MR) is 57.1 cm³/mol. The van der Waals surface area contributed by atoms with E-state index in [2.05, 4.69) is 10.2 Å². The number of aliphatic hydroxyl groups excluding tert-OH is 1. The highest BCUT2D eigenvalue weighted by molar-refractivity contribution is 5.21. The number of hydrogen-bond donors (Lipinski definition) is 1. The van der Waals surface area contributed by atoms with E-state index >= 15 is 0 Å². The van der Waals surface area contributed by atoms with Gasteiger partial charge in [-0.25, -0.2) is 8.78 Å². The number of rotatable bonds is 3. The van der Waals surface area contributed by atoms with Gasteiger partial charge >= 0.3 is 0 Å². The summed E-state index contributed by atoms with van der Waals surface area (Å²) < 4.78 is 25.7. The summed E-state index contributed by atoms with van der Waals surface area (Å²) in [6.07, 6.45) is 2.28. The maximum Gasteiger partial charge on any atom is 0.159 e. The molecule has 88 valence electrons. The van der Waals surface area contributed by atoms with Crippen molar-refractivity contribution < 1.29 is 13.9 Å². The van der Waals surface area contributed by atoms with Gasteiger partial charge in [-0.1, -0.05) is 6.07 Å². The van der Waals surface area contributed by atoms with Crippen LogP contribution in [0.1, 0.15) is 17.2 Å². The van der Waals surface area contributed by atoms with E-state index in [1.807, 2.05) is 0 Å². The summed E-state index contributed by atoms with van der Waals surface area (Å²) in [6.45, 7) is 0. The summed E-state index contributed by atoms with van der Waals surface area (Å²) in [5, 5.41) is 17.1. The first kappa shape index (κ1) is 11.6. The quantitative estimate of drug-likeness (QED) is 0.886. The molecule has 2 rings (SSSR count). The van der Waals surface area contributed by atoms with Gasteiger partial charge in [0.15, 0.2) is 11.6 Å². The number of halogens is 2. The SMILES string of the molecule is OC(Cc1ccc(F)c(F)c1)c1ccnnc1. The van der Waals surface area contributed by atoms with Crippen LogP contribution in [0.3, 0.4) is 0 Å². The van der Waals surface area contributed by atoms with Crippen LogP contribution in [0.4, 0.5) is 8.78 Å². The van der Waals surface area contributed by atoms with Crippen LogP contribution in [0.5, 0.6) is 0 Å². The molecule has 5 heteroatoms. The average molecular weight is 236 g/mol. The molecule has 2 aromatic rings. The van der Waals surface area contributed by atoms with Gasteiger partial charge in [0.25, 0.3) is 0 Å². The third-order valence-electron chi connectivity index (χ3n) is 2.40. The molecule has 0 aliphatic heterocycles. The smallest absolute Gasteiger partial charge is 0.159 e. The number of aliphatic hydroxyl groups is 1. The first-order valence-electron chi connectivity index (χ1n) is 5.05. The van der Waals surface area contributed by atoms with Crippen molar-refractivity contribution in [2.24, 2.45) is 0 Å². The molecule has 0 fully saturated rings. The van der Waals surface area contributed by atoms with Crippen molar-refractivity contribution >= 4 is 0 Å². The van der Waals surface area contributed by atoms with Crippen molar-refractivity contribution in [3.05, 3.63) is 59.4 Å². The molecule has 1 aromatic heterocycles. The zero-order valence-corrected chi connectivity index (χ0v) is 8.85. The maximum atomic E-state index is 13.0. The molecular formula is C12H10F2N2O. The number of nitrogens with zero attached hydrogens (tertiary/aromatic N) is 2. The fraction of sp³-hybridized carbons (Fsp3) is 0.167. The molecule has 1 unspecified atom stereocenters. The van der Waals surface area contributed by atoms with Gasteiger partial charge in [-0.05, 0) is 23.8 Å². The second kappa shape index (κ2) is 4.97. The van der Waals surface area contributed by atoms with E-state index in [0.29, 0.717) is 11.1 Å². The highest BCUT2D eigenvalue weighted by Crippen LogP contribution is 2.18. The van der Waals surface area contributed by atoms with Crippen LogP contribution in [-0.2, 0) is 6.42 Å². The highest BCUT2D eigenvalue weighted by atomic mass is 19.2. The number of aromatic nitrogens is 2. The van der Waals surface area contributed by atoms with Gasteiger partial charge in [0, 0.05) is 18.2 Å². The Balaban J connectivity index is 2.13. The van der Waals surface area contributed by atoms with E-state index < -0.39 is 17.7 Å². The molecule has 0 aliphatic rings. The van der Waals surface area contributed by atoms with E-state index in [0.717, 1.165) is 12.1 Å². The van der Waals surface area contributed by atoms with Crippen LogP contribution >= 0.6 is 0 Å². The van der Waals surface area contributed by atoms with E-state index in [4.69, 9.17) is 0 Å². The van der Waals surface area contributed by atoms with E-state index in [1.165, 1.54) is 18.5 Å². The third-order valence-corrected chi connectivity index (χ3v) is 2.40. The highest BCUT2D eigenvalue weighted by Gasteiger charge is 2.10. The Morgan fingerprint density at radius 3 is 2.59 bits per heavy atom. The van der Waals surface area contributed by atoms with Crippen LogP contribution in [-0.4, -0.2) is 15.3 Å². The number of benzene rings is 1. The third kappa shape index (κ3) is 2.82. The summed E-state index contributed by atoms with van der Waals surface area (Å²) in [5.41, 5.74) is 1.11. The lowest BCUT2D eigenvalue weighted by molar-refractivity contribution is 0.177. The molecule has 1 aromatic carbocycles. The van der Waals surface area contributed by atoms with Crippen molar-refractivity contribution in [1.29, 1.82) is 0 Å². The molecule has 0 amide bonds. The average Bonchev–Trinajstić information content (AvgIpc) is 2.35. The molecular weight excluding hydrogens is 226 g/mol. The van der Waals surface area contributed by atoms with E-state index in [9.17, 15) is 13.9 Å². The zero-order chi connectivity index (χ0) is 12.3. The summed E-state index contributed by atoms with van der Waals surface area (Å²) in [7, 11) is 0. The van der Waals surface area contributed by atoms with Crippen molar-refractivity contribution in [3.8, 4) is 0 Å². The topological polar surface area (TPSA) is 46.0 Å². The monoisotopic (exact) mass is 236 g/mol. The first-order chi connectivity index (χ1) is 8.16. The number of hydrogen-bond acceptors (Lipinski definition) is 3. The van der Waals surface area contributed by atoms with Crippen molar-refractivity contribution in [2.75, 3.05) is 0 Å². The molecule has 1 heterocycles. The van der Waals surface area contributed by atoms with Crippen LogP contribution in [0, 0.1) is 11.6 Å². The Morgan fingerprint density at radius 1 is 1.12 bits per heavy atom. The zero-order valence-electron chi connectivity index (χ0n) is 8.85. The summed E-state index contributed by atoms with van der Waals surface area (Å²) >= 11 is 0. The molecule has 0 aliphatic carbocycles. The largest absolute Gasteiger partial charge is 0.388 e.